The SMILES string of the molecule is COc1ccc2c(c1)CCN(C(=O)[C@@H]1C[C@H]1C1CCNCC1)C2. The summed E-state index contributed by atoms with van der Waals surface area (Å²) in [6.45, 7) is 3.88. The van der Waals surface area contributed by atoms with Crippen LogP contribution in [0.2, 0.25) is 0 Å². The molecule has 1 saturated heterocycles. The van der Waals surface area contributed by atoms with Gasteiger partial charge in [-0.1, -0.05) is 6.07 Å². The maximum Gasteiger partial charge on any atom is 0.226 e. The summed E-state index contributed by atoms with van der Waals surface area (Å²) in [5.74, 6) is 3.04. The van der Waals surface area contributed by atoms with Crippen LogP contribution in [-0.2, 0) is 17.8 Å². The normalized spacial score (nSPS) is 27.4. The first-order chi connectivity index (χ1) is 11.3. The van der Waals surface area contributed by atoms with E-state index in [0.717, 1.165) is 50.7 Å². The smallest absolute Gasteiger partial charge is 0.226 e. The Bertz CT molecular complexity index is 595. The molecular formula is C19H26N2O2. The van der Waals surface area contributed by atoms with Crippen molar-refractivity contribution >= 4 is 5.91 Å². The summed E-state index contributed by atoms with van der Waals surface area (Å²) in [6, 6.07) is 6.23. The molecule has 4 heteroatoms. The third kappa shape index (κ3) is 2.97. The highest BCUT2D eigenvalue weighted by molar-refractivity contribution is 5.82. The van der Waals surface area contributed by atoms with E-state index in [2.05, 4.69) is 22.3 Å². The number of amides is 1. The fraction of sp³-hybridized carbons (Fsp3) is 0.632. The first-order valence-corrected chi connectivity index (χ1v) is 8.91. The van der Waals surface area contributed by atoms with Gasteiger partial charge in [0.05, 0.1) is 7.11 Å². The molecule has 0 radical (unpaired) electrons. The lowest BCUT2D eigenvalue weighted by molar-refractivity contribution is -0.134. The number of carbonyl (C=O) groups excluding carboxylic acids is 1. The van der Waals surface area contributed by atoms with Gasteiger partial charge in [-0.05, 0) is 73.9 Å². The third-order valence-corrected chi connectivity index (χ3v) is 5.88. The molecule has 0 unspecified atom stereocenters. The van der Waals surface area contributed by atoms with Gasteiger partial charge in [-0.25, -0.2) is 0 Å². The number of nitrogens with one attached hydrogen (secondary N) is 1. The van der Waals surface area contributed by atoms with Crippen molar-refractivity contribution in [1.29, 1.82) is 0 Å². The molecule has 124 valence electrons. The molecule has 2 aliphatic heterocycles. The average molecular weight is 314 g/mol. The molecule has 0 aromatic heterocycles. The van der Waals surface area contributed by atoms with E-state index in [9.17, 15) is 4.79 Å². The highest BCUT2D eigenvalue weighted by Crippen LogP contribution is 2.48. The lowest BCUT2D eigenvalue weighted by atomic mass is 9.91. The Morgan fingerprint density at radius 3 is 2.87 bits per heavy atom. The van der Waals surface area contributed by atoms with Gasteiger partial charge in [0.1, 0.15) is 5.75 Å². The summed E-state index contributed by atoms with van der Waals surface area (Å²) in [5, 5.41) is 3.42. The highest BCUT2D eigenvalue weighted by Gasteiger charge is 2.49. The number of benzene rings is 1. The number of hydrogen-bond acceptors (Lipinski definition) is 3. The molecule has 0 bridgehead atoms. The Morgan fingerprint density at radius 1 is 1.26 bits per heavy atom. The Labute approximate surface area is 138 Å². The van der Waals surface area contributed by atoms with Crippen LogP contribution in [0.1, 0.15) is 30.4 Å². The number of rotatable bonds is 3. The van der Waals surface area contributed by atoms with Gasteiger partial charge in [-0.15, -0.1) is 0 Å². The van der Waals surface area contributed by atoms with E-state index in [1.165, 1.54) is 24.0 Å². The topological polar surface area (TPSA) is 41.6 Å². The van der Waals surface area contributed by atoms with Crippen molar-refractivity contribution in [3.8, 4) is 5.75 Å². The predicted octanol–water partition coefficient (Wildman–Crippen LogP) is 2.22. The van der Waals surface area contributed by atoms with Gasteiger partial charge in [-0.3, -0.25) is 4.79 Å². The number of ether oxygens (including phenoxy) is 1. The summed E-state index contributed by atoms with van der Waals surface area (Å²) >= 11 is 0. The second-order valence-electron chi connectivity index (χ2n) is 7.24. The molecule has 1 amide bonds. The standard InChI is InChI=1S/C19H26N2O2/c1-23-16-3-2-15-12-21(9-6-14(15)10-16)19(22)18-11-17(18)13-4-7-20-8-5-13/h2-3,10,13,17-18,20H,4-9,11-12H2,1H3/t17-,18+/m0/s1. The quantitative estimate of drug-likeness (QED) is 0.930. The zero-order valence-electron chi connectivity index (χ0n) is 13.9. The summed E-state index contributed by atoms with van der Waals surface area (Å²) in [4.78, 5) is 14.9. The number of hydrogen-bond donors (Lipinski definition) is 1. The van der Waals surface area contributed by atoms with Crippen molar-refractivity contribution in [3.63, 3.8) is 0 Å². The predicted molar refractivity (Wildman–Crippen MR) is 89.3 cm³/mol. The van der Waals surface area contributed by atoms with Gasteiger partial charge in [0, 0.05) is 19.0 Å². The number of methoxy groups -OCH3 is 1. The Hall–Kier alpha value is -1.55. The van der Waals surface area contributed by atoms with Gasteiger partial charge in [-0.2, -0.15) is 0 Å². The summed E-state index contributed by atoms with van der Waals surface area (Å²) in [7, 11) is 1.70. The van der Waals surface area contributed by atoms with Crippen molar-refractivity contribution in [3.05, 3.63) is 29.3 Å². The minimum atomic E-state index is 0.304. The number of nitrogens with zero attached hydrogens (tertiary/aromatic N) is 1. The van der Waals surface area contributed by atoms with Crippen LogP contribution in [0, 0.1) is 17.8 Å². The fourth-order valence-corrected chi connectivity index (χ4v) is 4.37. The van der Waals surface area contributed by atoms with E-state index in [0.29, 0.717) is 17.7 Å². The molecular weight excluding hydrogens is 288 g/mol. The van der Waals surface area contributed by atoms with Crippen molar-refractivity contribution in [2.45, 2.75) is 32.2 Å². The van der Waals surface area contributed by atoms with Crippen molar-refractivity contribution in [2.24, 2.45) is 17.8 Å². The molecule has 4 nitrogen and oxygen atoms in total. The van der Waals surface area contributed by atoms with Gasteiger partial charge in [0.2, 0.25) is 5.91 Å². The summed E-state index contributed by atoms with van der Waals surface area (Å²) in [6.07, 6.45) is 4.56. The number of fused-ring (bicyclic) bond motifs is 1. The van der Waals surface area contributed by atoms with Crippen LogP contribution in [-0.4, -0.2) is 37.6 Å². The van der Waals surface area contributed by atoms with Crippen LogP contribution < -0.4 is 10.1 Å². The molecule has 1 aliphatic carbocycles. The van der Waals surface area contributed by atoms with Crippen molar-refractivity contribution < 1.29 is 9.53 Å². The zero-order valence-corrected chi connectivity index (χ0v) is 13.9. The molecule has 2 heterocycles. The summed E-state index contributed by atoms with van der Waals surface area (Å²) in [5.41, 5.74) is 2.61. The van der Waals surface area contributed by atoms with E-state index in [1.54, 1.807) is 7.11 Å². The Balaban J connectivity index is 1.38. The second-order valence-corrected chi connectivity index (χ2v) is 7.24. The molecule has 0 spiro atoms. The Kier molecular flexibility index (Phi) is 4.02. The average Bonchev–Trinajstić information content (AvgIpc) is 3.41. The number of carbonyl (C=O) groups is 1. The highest BCUT2D eigenvalue weighted by atomic mass is 16.5. The van der Waals surface area contributed by atoms with Crippen molar-refractivity contribution in [1.82, 2.24) is 10.2 Å². The minimum absolute atomic E-state index is 0.304. The monoisotopic (exact) mass is 314 g/mol. The van der Waals surface area contributed by atoms with E-state index in [4.69, 9.17) is 4.74 Å². The molecule has 23 heavy (non-hydrogen) atoms. The number of piperidine rings is 1. The van der Waals surface area contributed by atoms with Crippen LogP contribution in [0.4, 0.5) is 0 Å². The second kappa shape index (κ2) is 6.16. The van der Waals surface area contributed by atoms with Crippen molar-refractivity contribution in [2.75, 3.05) is 26.7 Å². The molecule has 1 aromatic carbocycles. The zero-order chi connectivity index (χ0) is 15.8. The van der Waals surface area contributed by atoms with Gasteiger partial charge in [0.25, 0.3) is 0 Å². The molecule has 1 saturated carbocycles. The van der Waals surface area contributed by atoms with E-state index >= 15 is 0 Å². The van der Waals surface area contributed by atoms with E-state index in [-0.39, 0.29) is 0 Å². The van der Waals surface area contributed by atoms with Crippen LogP contribution in [0.3, 0.4) is 0 Å². The Morgan fingerprint density at radius 2 is 2.09 bits per heavy atom. The molecule has 4 rings (SSSR count). The lowest BCUT2D eigenvalue weighted by Crippen LogP contribution is -2.38. The lowest BCUT2D eigenvalue weighted by Gasteiger charge is -2.30. The van der Waals surface area contributed by atoms with Gasteiger partial charge < -0.3 is 15.0 Å². The first-order valence-electron chi connectivity index (χ1n) is 8.91. The van der Waals surface area contributed by atoms with Crippen LogP contribution in [0.25, 0.3) is 0 Å². The molecule has 2 atom stereocenters. The van der Waals surface area contributed by atoms with Crippen LogP contribution in [0.5, 0.6) is 5.75 Å². The first kappa shape index (κ1) is 15.0. The molecule has 3 aliphatic rings. The largest absolute Gasteiger partial charge is 0.497 e. The molecule has 1 N–H and O–H groups in total. The minimum Gasteiger partial charge on any atom is -0.497 e. The summed E-state index contributed by atoms with van der Waals surface area (Å²) < 4.78 is 5.30. The third-order valence-electron chi connectivity index (χ3n) is 5.88. The maximum atomic E-state index is 12.8. The van der Waals surface area contributed by atoms with Crippen LogP contribution >= 0.6 is 0 Å². The van der Waals surface area contributed by atoms with Gasteiger partial charge >= 0.3 is 0 Å². The molecule has 2 fully saturated rings. The maximum absolute atomic E-state index is 12.8. The fourth-order valence-electron chi connectivity index (χ4n) is 4.37. The van der Waals surface area contributed by atoms with Gasteiger partial charge in [0.15, 0.2) is 0 Å². The van der Waals surface area contributed by atoms with Crippen LogP contribution in [0.15, 0.2) is 18.2 Å². The van der Waals surface area contributed by atoms with E-state index in [1.807, 2.05) is 6.07 Å². The van der Waals surface area contributed by atoms with E-state index < -0.39 is 0 Å². The molecule has 1 aromatic rings.